The summed E-state index contributed by atoms with van der Waals surface area (Å²) < 4.78 is 5.48. The van der Waals surface area contributed by atoms with Crippen molar-refractivity contribution in [3.05, 3.63) is 35.9 Å². The lowest BCUT2D eigenvalue weighted by atomic mass is 9.72. The number of likely N-dealkylation sites (tertiary alicyclic amines) is 2. The minimum Gasteiger partial charge on any atom is -0.480 e. The lowest BCUT2D eigenvalue weighted by molar-refractivity contribution is -0.149. The van der Waals surface area contributed by atoms with Gasteiger partial charge in [-0.05, 0) is 58.9 Å². The normalized spacial score (nSPS) is 21.0. The number of carboxylic acids is 1. The molecule has 1 aromatic carbocycles. The predicted octanol–water partition coefficient (Wildman–Crippen LogP) is 2.54. The summed E-state index contributed by atoms with van der Waals surface area (Å²) in [4.78, 5) is 53.6. The summed E-state index contributed by atoms with van der Waals surface area (Å²) in [6.07, 6.45) is 1.38. The SMILES string of the molecule is C[C@@H](NC(=O)C1(c2ccccc2)CCN(C(=O)OC(C)(C)C)CC1)C(=O)N1CCC[C@H]1C(=O)O. The number of carbonyl (C=O) groups is 4. The summed E-state index contributed by atoms with van der Waals surface area (Å²) >= 11 is 0. The Hall–Kier alpha value is -3.10. The average Bonchev–Trinajstić information content (AvgIpc) is 3.28. The Morgan fingerprint density at radius 3 is 2.26 bits per heavy atom. The van der Waals surface area contributed by atoms with E-state index in [-0.39, 0.29) is 5.91 Å². The number of benzene rings is 1. The summed E-state index contributed by atoms with van der Waals surface area (Å²) in [6.45, 7) is 8.06. The fourth-order valence-corrected chi connectivity index (χ4v) is 4.73. The number of nitrogens with one attached hydrogen (secondary N) is 1. The molecule has 0 aromatic heterocycles. The first-order valence-electron chi connectivity index (χ1n) is 11.8. The molecule has 3 amide bonds. The minimum atomic E-state index is -1.03. The lowest BCUT2D eigenvalue weighted by Crippen LogP contribution is -2.57. The number of carboxylic acid groups (broad SMARTS) is 1. The Morgan fingerprint density at radius 2 is 1.71 bits per heavy atom. The number of hydrogen-bond donors (Lipinski definition) is 2. The molecule has 9 nitrogen and oxygen atoms in total. The first-order chi connectivity index (χ1) is 15.9. The molecule has 0 bridgehead atoms. The minimum absolute atomic E-state index is 0.297. The van der Waals surface area contributed by atoms with Gasteiger partial charge in [0.2, 0.25) is 11.8 Å². The molecule has 34 heavy (non-hydrogen) atoms. The van der Waals surface area contributed by atoms with Crippen LogP contribution in [0.25, 0.3) is 0 Å². The van der Waals surface area contributed by atoms with Gasteiger partial charge in [-0.25, -0.2) is 9.59 Å². The van der Waals surface area contributed by atoms with Gasteiger partial charge in [-0.15, -0.1) is 0 Å². The predicted molar refractivity (Wildman–Crippen MR) is 125 cm³/mol. The Bertz CT molecular complexity index is 918. The highest BCUT2D eigenvalue weighted by molar-refractivity contribution is 5.94. The van der Waals surface area contributed by atoms with Gasteiger partial charge in [0.05, 0.1) is 5.41 Å². The molecule has 0 saturated carbocycles. The summed E-state index contributed by atoms with van der Waals surface area (Å²) in [6, 6.07) is 7.65. The molecule has 2 heterocycles. The van der Waals surface area contributed by atoms with Crippen LogP contribution in [0.4, 0.5) is 4.79 Å². The molecule has 0 unspecified atom stereocenters. The molecule has 2 atom stereocenters. The number of aliphatic carboxylic acids is 1. The molecule has 0 aliphatic carbocycles. The molecule has 2 aliphatic heterocycles. The lowest BCUT2D eigenvalue weighted by Gasteiger charge is -2.41. The van der Waals surface area contributed by atoms with E-state index < -0.39 is 41.1 Å². The number of nitrogens with zero attached hydrogens (tertiary/aromatic N) is 2. The van der Waals surface area contributed by atoms with Crippen LogP contribution in [0.5, 0.6) is 0 Å². The second-order valence-electron chi connectivity index (χ2n) is 10.1. The van der Waals surface area contributed by atoms with Crippen LogP contribution in [0.2, 0.25) is 0 Å². The van der Waals surface area contributed by atoms with E-state index in [4.69, 9.17) is 4.74 Å². The molecule has 186 valence electrons. The third-order valence-corrected chi connectivity index (χ3v) is 6.57. The van der Waals surface area contributed by atoms with Gasteiger partial charge in [0.1, 0.15) is 17.7 Å². The molecule has 0 spiro atoms. The van der Waals surface area contributed by atoms with Crippen LogP contribution in [0.1, 0.15) is 58.9 Å². The number of ether oxygens (including phenoxy) is 1. The van der Waals surface area contributed by atoms with E-state index in [1.165, 1.54) is 4.90 Å². The zero-order valence-electron chi connectivity index (χ0n) is 20.4. The van der Waals surface area contributed by atoms with E-state index in [1.54, 1.807) is 11.8 Å². The van der Waals surface area contributed by atoms with Gasteiger partial charge >= 0.3 is 12.1 Å². The number of rotatable bonds is 5. The van der Waals surface area contributed by atoms with Crippen molar-refractivity contribution in [1.82, 2.24) is 15.1 Å². The quantitative estimate of drug-likeness (QED) is 0.679. The summed E-state index contributed by atoms with van der Waals surface area (Å²) in [5.41, 5.74) is -0.701. The summed E-state index contributed by atoms with van der Waals surface area (Å²) in [5, 5.41) is 12.3. The highest BCUT2D eigenvalue weighted by Crippen LogP contribution is 2.36. The topological polar surface area (TPSA) is 116 Å². The maximum Gasteiger partial charge on any atom is 0.410 e. The van der Waals surface area contributed by atoms with Crippen molar-refractivity contribution in [1.29, 1.82) is 0 Å². The van der Waals surface area contributed by atoms with E-state index in [9.17, 15) is 24.3 Å². The van der Waals surface area contributed by atoms with Crippen molar-refractivity contribution in [3.63, 3.8) is 0 Å². The van der Waals surface area contributed by atoms with E-state index in [2.05, 4.69) is 5.32 Å². The Labute approximate surface area is 200 Å². The summed E-state index contributed by atoms with van der Waals surface area (Å²) in [5.74, 6) is -1.72. The highest BCUT2D eigenvalue weighted by Gasteiger charge is 2.45. The molecular formula is C25H35N3O6. The van der Waals surface area contributed by atoms with Gasteiger partial charge < -0.3 is 25.0 Å². The first-order valence-corrected chi connectivity index (χ1v) is 11.8. The molecule has 1 aromatic rings. The standard InChI is InChI=1S/C25H35N3O6/c1-17(20(29)28-14-8-11-19(28)21(30)31)26-22(32)25(18-9-6-5-7-10-18)12-15-27(16-13-25)23(33)34-24(2,3)4/h5-7,9-10,17,19H,8,11-16H2,1-4H3,(H,26,32)(H,30,31)/t17-,19+/m1/s1. The van der Waals surface area contributed by atoms with Crippen LogP contribution in [0.3, 0.4) is 0 Å². The zero-order chi connectivity index (χ0) is 25.1. The second-order valence-corrected chi connectivity index (χ2v) is 10.1. The number of carbonyl (C=O) groups excluding carboxylic acids is 3. The molecule has 2 saturated heterocycles. The van der Waals surface area contributed by atoms with Crippen LogP contribution in [-0.4, -0.2) is 76.1 Å². The molecule has 2 aliphatic rings. The van der Waals surface area contributed by atoms with E-state index in [1.807, 2.05) is 51.1 Å². The van der Waals surface area contributed by atoms with Crippen molar-refractivity contribution in [2.24, 2.45) is 0 Å². The Kier molecular flexibility index (Phi) is 7.53. The second kappa shape index (κ2) is 10.0. The van der Waals surface area contributed by atoms with Gasteiger partial charge in [0, 0.05) is 19.6 Å². The zero-order valence-corrected chi connectivity index (χ0v) is 20.4. The summed E-state index contributed by atoms with van der Waals surface area (Å²) in [7, 11) is 0. The van der Waals surface area contributed by atoms with Gasteiger partial charge in [-0.2, -0.15) is 0 Å². The monoisotopic (exact) mass is 473 g/mol. The van der Waals surface area contributed by atoms with Gasteiger partial charge in [0.15, 0.2) is 0 Å². The average molecular weight is 474 g/mol. The number of hydrogen-bond acceptors (Lipinski definition) is 5. The van der Waals surface area contributed by atoms with Crippen LogP contribution < -0.4 is 5.32 Å². The van der Waals surface area contributed by atoms with Crippen LogP contribution in [0.15, 0.2) is 30.3 Å². The smallest absolute Gasteiger partial charge is 0.410 e. The first kappa shape index (κ1) is 25.5. The van der Waals surface area contributed by atoms with Crippen molar-refractivity contribution >= 4 is 23.9 Å². The van der Waals surface area contributed by atoms with Crippen molar-refractivity contribution in [2.45, 2.75) is 76.5 Å². The van der Waals surface area contributed by atoms with Crippen LogP contribution in [-0.2, 0) is 24.5 Å². The molecule has 3 rings (SSSR count). The highest BCUT2D eigenvalue weighted by atomic mass is 16.6. The van der Waals surface area contributed by atoms with Crippen molar-refractivity contribution in [2.75, 3.05) is 19.6 Å². The molecule has 2 N–H and O–H groups in total. The molecule has 2 fully saturated rings. The Balaban J connectivity index is 1.75. The third-order valence-electron chi connectivity index (χ3n) is 6.57. The largest absolute Gasteiger partial charge is 0.480 e. The van der Waals surface area contributed by atoms with Crippen LogP contribution >= 0.6 is 0 Å². The van der Waals surface area contributed by atoms with Gasteiger partial charge in [-0.3, -0.25) is 9.59 Å². The molecule has 0 radical (unpaired) electrons. The fourth-order valence-electron chi connectivity index (χ4n) is 4.73. The fraction of sp³-hybridized carbons (Fsp3) is 0.600. The van der Waals surface area contributed by atoms with E-state index in [0.29, 0.717) is 45.3 Å². The van der Waals surface area contributed by atoms with Gasteiger partial charge in [0.25, 0.3) is 0 Å². The maximum atomic E-state index is 13.6. The molecular weight excluding hydrogens is 438 g/mol. The number of amides is 3. The van der Waals surface area contributed by atoms with E-state index in [0.717, 1.165) is 5.56 Å². The van der Waals surface area contributed by atoms with Crippen molar-refractivity contribution in [3.8, 4) is 0 Å². The number of piperidine rings is 1. The van der Waals surface area contributed by atoms with Crippen LogP contribution in [0, 0.1) is 0 Å². The maximum absolute atomic E-state index is 13.6. The Morgan fingerprint density at radius 1 is 1.09 bits per heavy atom. The van der Waals surface area contributed by atoms with E-state index >= 15 is 0 Å². The van der Waals surface area contributed by atoms with Gasteiger partial charge in [-0.1, -0.05) is 30.3 Å². The molecule has 9 heteroatoms. The third kappa shape index (κ3) is 5.51. The van der Waals surface area contributed by atoms with Crippen molar-refractivity contribution < 1.29 is 29.0 Å².